The van der Waals surface area contributed by atoms with Crippen LogP contribution < -0.4 is 20.3 Å². The summed E-state index contributed by atoms with van der Waals surface area (Å²) in [5.41, 5.74) is -0.204. The topological polar surface area (TPSA) is 62.8 Å². The molecular formula is C20H20F5N3O3. The predicted octanol–water partition coefficient (Wildman–Crippen LogP) is 4.19. The average molecular weight is 445 g/mol. The Balaban J connectivity index is 1.74. The summed E-state index contributed by atoms with van der Waals surface area (Å²) in [6, 6.07) is 8.88. The van der Waals surface area contributed by atoms with E-state index in [0.717, 1.165) is 12.1 Å². The maximum atomic E-state index is 13.2. The molecule has 0 aliphatic carbocycles. The molecule has 2 N–H and O–H groups in total. The second-order valence-corrected chi connectivity index (χ2v) is 6.61. The molecule has 1 amide bonds. The molecule has 0 unspecified atom stereocenters. The van der Waals surface area contributed by atoms with Gasteiger partial charge in [-0.05, 0) is 30.3 Å². The fourth-order valence-corrected chi connectivity index (χ4v) is 3.07. The Labute approximate surface area is 174 Å². The van der Waals surface area contributed by atoms with E-state index in [0.29, 0.717) is 32.0 Å². The standard InChI is InChI=1S/C20H20F5N3O3/c21-19(22)31-17-4-2-1-3-14(17)27-18(29)12-26-15-11-13(20(23,24)25)5-6-16(15)28-7-9-30-10-8-28/h1-6,11,19,26H,7-10,12H2,(H,27,29). The predicted molar refractivity (Wildman–Crippen MR) is 105 cm³/mol. The molecular weight excluding hydrogens is 425 g/mol. The van der Waals surface area contributed by atoms with E-state index in [1.54, 1.807) is 0 Å². The van der Waals surface area contributed by atoms with Crippen molar-refractivity contribution in [2.75, 3.05) is 48.4 Å². The Kier molecular flexibility index (Phi) is 7.16. The van der Waals surface area contributed by atoms with Crippen molar-refractivity contribution in [2.45, 2.75) is 12.8 Å². The number of nitrogens with zero attached hydrogens (tertiary/aromatic N) is 1. The van der Waals surface area contributed by atoms with E-state index in [-0.39, 0.29) is 23.7 Å². The summed E-state index contributed by atoms with van der Waals surface area (Å²) in [5, 5.41) is 5.13. The number of carbonyl (C=O) groups excluding carboxylic acids is 1. The first-order valence-electron chi connectivity index (χ1n) is 9.35. The molecule has 1 aliphatic heterocycles. The summed E-state index contributed by atoms with van der Waals surface area (Å²) in [5.74, 6) is -0.866. The first-order valence-corrected chi connectivity index (χ1v) is 9.35. The lowest BCUT2D eigenvalue weighted by Crippen LogP contribution is -2.37. The number of amides is 1. The minimum atomic E-state index is -4.55. The number of alkyl halides is 5. The number of nitrogens with one attached hydrogen (secondary N) is 2. The molecule has 0 atom stereocenters. The summed E-state index contributed by atoms with van der Waals surface area (Å²) in [4.78, 5) is 14.2. The molecule has 31 heavy (non-hydrogen) atoms. The van der Waals surface area contributed by atoms with E-state index >= 15 is 0 Å². The Morgan fingerprint density at radius 3 is 2.48 bits per heavy atom. The number of rotatable bonds is 7. The zero-order chi connectivity index (χ0) is 22.4. The van der Waals surface area contributed by atoms with Crippen LogP contribution in [-0.2, 0) is 15.7 Å². The Hall–Kier alpha value is -3.08. The van der Waals surface area contributed by atoms with Gasteiger partial charge in [-0.2, -0.15) is 22.0 Å². The number of halogens is 5. The summed E-state index contributed by atoms with van der Waals surface area (Å²) < 4.78 is 74.1. The molecule has 0 bridgehead atoms. The number of hydrogen-bond donors (Lipinski definition) is 2. The van der Waals surface area contributed by atoms with Gasteiger partial charge in [-0.25, -0.2) is 0 Å². The molecule has 0 spiro atoms. The molecule has 3 rings (SSSR count). The summed E-state index contributed by atoms with van der Waals surface area (Å²) in [6.07, 6.45) is -4.55. The van der Waals surface area contributed by atoms with Crippen LogP contribution in [0.4, 0.5) is 39.0 Å². The molecule has 2 aromatic rings. The monoisotopic (exact) mass is 445 g/mol. The van der Waals surface area contributed by atoms with Crippen molar-refractivity contribution in [2.24, 2.45) is 0 Å². The Morgan fingerprint density at radius 1 is 1.10 bits per heavy atom. The van der Waals surface area contributed by atoms with E-state index in [1.807, 2.05) is 4.90 Å². The SMILES string of the molecule is O=C(CNc1cc(C(F)(F)F)ccc1N1CCOCC1)Nc1ccccc1OC(F)F. The van der Waals surface area contributed by atoms with E-state index < -0.39 is 24.3 Å². The van der Waals surface area contributed by atoms with Gasteiger partial charge >= 0.3 is 12.8 Å². The van der Waals surface area contributed by atoms with E-state index in [4.69, 9.17) is 4.74 Å². The maximum Gasteiger partial charge on any atom is 0.416 e. The van der Waals surface area contributed by atoms with Crippen LogP contribution in [0.1, 0.15) is 5.56 Å². The maximum absolute atomic E-state index is 13.2. The van der Waals surface area contributed by atoms with Gasteiger partial charge in [0, 0.05) is 13.1 Å². The molecule has 0 saturated carbocycles. The number of benzene rings is 2. The number of carbonyl (C=O) groups is 1. The van der Waals surface area contributed by atoms with Crippen LogP contribution in [0.5, 0.6) is 5.75 Å². The fourth-order valence-electron chi connectivity index (χ4n) is 3.07. The van der Waals surface area contributed by atoms with Crippen LogP contribution in [0.3, 0.4) is 0 Å². The normalized spacial score (nSPS) is 14.5. The smallest absolute Gasteiger partial charge is 0.416 e. The highest BCUT2D eigenvalue weighted by molar-refractivity contribution is 5.95. The summed E-state index contributed by atoms with van der Waals surface area (Å²) in [7, 11) is 0. The molecule has 0 aromatic heterocycles. The van der Waals surface area contributed by atoms with Gasteiger partial charge in [0.25, 0.3) is 0 Å². The van der Waals surface area contributed by atoms with Gasteiger partial charge in [0.1, 0.15) is 5.75 Å². The molecule has 6 nitrogen and oxygen atoms in total. The third kappa shape index (κ3) is 6.20. The second kappa shape index (κ2) is 9.82. The van der Waals surface area contributed by atoms with Crippen molar-refractivity contribution in [3.8, 4) is 5.75 Å². The Morgan fingerprint density at radius 2 is 1.81 bits per heavy atom. The van der Waals surface area contributed by atoms with Gasteiger partial charge in [-0.3, -0.25) is 4.79 Å². The molecule has 1 aliphatic rings. The fraction of sp³-hybridized carbons (Fsp3) is 0.350. The van der Waals surface area contributed by atoms with Crippen LogP contribution in [0.2, 0.25) is 0 Å². The number of morpholine rings is 1. The first-order chi connectivity index (χ1) is 14.7. The van der Waals surface area contributed by atoms with Crippen LogP contribution >= 0.6 is 0 Å². The van der Waals surface area contributed by atoms with Crippen molar-refractivity contribution in [3.63, 3.8) is 0 Å². The van der Waals surface area contributed by atoms with Gasteiger partial charge in [0.05, 0.1) is 42.4 Å². The largest absolute Gasteiger partial charge is 0.433 e. The van der Waals surface area contributed by atoms with E-state index in [1.165, 1.54) is 30.3 Å². The summed E-state index contributed by atoms with van der Waals surface area (Å²) >= 11 is 0. The van der Waals surface area contributed by atoms with Crippen LogP contribution in [0, 0.1) is 0 Å². The minimum Gasteiger partial charge on any atom is -0.433 e. The number of ether oxygens (including phenoxy) is 2. The van der Waals surface area contributed by atoms with Crippen molar-refractivity contribution in [3.05, 3.63) is 48.0 Å². The van der Waals surface area contributed by atoms with Crippen molar-refractivity contribution < 1.29 is 36.2 Å². The lowest BCUT2D eigenvalue weighted by Gasteiger charge is -2.31. The lowest BCUT2D eigenvalue weighted by atomic mass is 10.1. The number of para-hydroxylation sites is 2. The van der Waals surface area contributed by atoms with Crippen molar-refractivity contribution in [1.29, 1.82) is 0 Å². The quantitative estimate of drug-likeness (QED) is 0.626. The van der Waals surface area contributed by atoms with Gasteiger partial charge in [0.2, 0.25) is 5.91 Å². The van der Waals surface area contributed by atoms with Gasteiger partial charge in [0.15, 0.2) is 0 Å². The van der Waals surface area contributed by atoms with Gasteiger partial charge < -0.3 is 25.0 Å². The van der Waals surface area contributed by atoms with Crippen LogP contribution in [0.15, 0.2) is 42.5 Å². The molecule has 1 heterocycles. The van der Waals surface area contributed by atoms with Crippen molar-refractivity contribution in [1.82, 2.24) is 0 Å². The van der Waals surface area contributed by atoms with E-state index in [2.05, 4.69) is 15.4 Å². The van der Waals surface area contributed by atoms with Gasteiger partial charge in [-0.15, -0.1) is 0 Å². The molecule has 1 saturated heterocycles. The van der Waals surface area contributed by atoms with Crippen molar-refractivity contribution >= 4 is 23.0 Å². The highest BCUT2D eigenvalue weighted by atomic mass is 19.4. The zero-order valence-corrected chi connectivity index (χ0v) is 16.2. The Bertz CT molecular complexity index is 902. The highest BCUT2D eigenvalue weighted by Crippen LogP contribution is 2.35. The van der Waals surface area contributed by atoms with Crippen LogP contribution in [0.25, 0.3) is 0 Å². The second-order valence-electron chi connectivity index (χ2n) is 6.61. The third-order valence-corrected chi connectivity index (χ3v) is 4.49. The zero-order valence-electron chi connectivity index (χ0n) is 16.2. The number of hydrogen-bond acceptors (Lipinski definition) is 5. The lowest BCUT2D eigenvalue weighted by molar-refractivity contribution is -0.137. The molecule has 2 aromatic carbocycles. The third-order valence-electron chi connectivity index (χ3n) is 4.49. The van der Waals surface area contributed by atoms with Gasteiger partial charge in [-0.1, -0.05) is 12.1 Å². The molecule has 0 radical (unpaired) electrons. The highest BCUT2D eigenvalue weighted by Gasteiger charge is 2.31. The molecule has 11 heteroatoms. The van der Waals surface area contributed by atoms with E-state index in [9.17, 15) is 26.7 Å². The molecule has 1 fully saturated rings. The van der Waals surface area contributed by atoms with Crippen LogP contribution in [-0.4, -0.2) is 45.4 Å². The summed E-state index contributed by atoms with van der Waals surface area (Å²) in [6.45, 7) is -1.61. The first kappa shape index (κ1) is 22.6. The number of anilines is 3. The average Bonchev–Trinajstić information content (AvgIpc) is 2.73. The minimum absolute atomic E-state index is 0.0204. The molecule has 168 valence electrons.